The molecule has 1 aromatic carbocycles. The van der Waals surface area contributed by atoms with Gasteiger partial charge in [-0.2, -0.15) is 0 Å². The molecule has 2 nitrogen and oxygen atoms in total. The Morgan fingerprint density at radius 2 is 1.50 bits per heavy atom. The van der Waals surface area contributed by atoms with Gasteiger partial charge in [-0.25, -0.2) is 13.2 Å². The standard InChI is InChI=1S/C14H21F3O2Si/c1-18-20(3,19-2)8-6-4-5-7-11-9-13(16)14(17)10-12(11)15/h9-10H,4-8H2,1-3H3. The van der Waals surface area contributed by atoms with Crippen LogP contribution in [0.2, 0.25) is 12.6 Å². The van der Waals surface area contributed by atoms with Crippen molar-refractivity contribution in [2.45, 2.75) is 38.3 Å². The lowest BCUT2D eigenvalue weighted by atomic mass is 10.1. The molecule has 6 heteroatoms. The Bertz CT molecular complexity index is 437. The van der Waals surface area contributed by atoms with Gasteiger partial charge < -0.3 is 8.85 Å². The zero-order valence-corrected chi connectivity index (χ0v) is 13.1. The van der Waals surface area contributed by atoms with Gasteiger partial charge in [-0.05, 0) is 37.1 Å². The van der Waals surface area contributed by atoms with Crippen LogP contribution in [0, 0.1) is 17.5 Å². The van der Waals surface area contributed by atoms with Crippen molar-refractivity contribution in [3.63, 3.8) is 0 Å². The predicted octanol–water partition coefficient (Wildman–Crippen LogP) is 4.18. The van der Waals surface area contributed by atoms with Crippen LogP contribution in [-0.2, 0) is 15.3 Å². The highest BCUT2D eigenvalue weighted by molar-refractivity contribution is 6.65. The maximum atomic E-state index is 13.4. The van der Waals surface area contributed by atoms with Crippen LogP contribution in [0.1, 0.15) is 24.8 Å². The Labute approximate surface area is 119 Å². The van der Waals surface area contributed by atoms with Crippen molar-refractivity contribution in [3.05, 3.63) is 35.1 Å². The molecule has 0 aliphatic carbocycles. The summed E-state index contributed by atoms with van der Waals surface area (Å²) in [6, 6.07) is 2.40. The summed E-state index contributed by atoms with van der Waals surface area (Å²) in [5, 5.41) is 0. The van der Waals surface area contributed by atoms with Gasteiger partial charge in [-0.3, -0.25) is 0 Å². The van der Waals surface area contributed by atoms with Crippen molar-refractivity contribution in [2.24, 2.45) is 0 Å². The van der Waals surface area contributed by atoms with E-state index in [1.165, 1.54) is 0 Å². The fourth-order valence-electron chi connectivity index (χ4n) is 1.98. The minimum atomic E-state index is -2.04. The first-order valence-corrected chi connectivity index (χ1v) is 9.18. The molecular formula is C14H21F3O2Si. The molecule has 0 spiro atoms. The van der Waals surface area contributed by atoms with Crippen molar-refractivity contribution in [2.75, 3.05) is 14.2 Å². The van der Waals surface area contributed by atoms with Crippen molar-refractivity contribution in [1.82, 2.24) is 0 Å². The van der Waals surface area contributed by atoms with Crippen LogP contribution < -0.4 is 0 Å². The van der Waals surface area contributed by atoms with Gasteiger partial charge in [0.15, 0.2) is 11.6 Å². The van der Waals surface area contributed by atoms with Crippen LogP contribution in [0.5, 0.6) is 0 Å². The first-order chi connectivity index (χ1) is 9.41. The molecule has 0 unspecified atom stereocenters. The Morgan fingerprint density at radius 3 is 2.10 bits per heavy atom. The number of halogens is 3. The smallest absolute Gasteiger partial charge is 0.334 e. The second kappa shape index (κ2) is 7.80. The topological polar surface area (TPSA) is 18.5 Å². The molecule has 20 heavy (non-hydrogen) atoms. The minimum absolute atomic E-state index is 0.224. The molecule has 0 bridgehead atoms. The van der Waals surface area contributed by atoms with Crippen LogP contribution in [0.4, 0.5) is 13.2 Å². The maximum Gasteiger partial charge on any atom is 0.334 e. The quantitative estimate of drug-likeness (QED) is 0.407. The Hall–Kier alpha value is -0.853. The van der Waals surface area contributed by atoms with E-state index in [9.17, 15) is 13.2 Å². The molecule has 114 valence electrons. The Morgan fingerprint density at radius 1 is 0.900 bits per heavy atom. The van der Waals surface area contributed by atoms with E-state index in [0.29, 0.717) is 12.5 Å². The lowest BCUT2D eigenvalue weighted by Crippen LogP contribution is -2.35. The molecule has 0 amide bonds. The lowest BCUT2D eigenvalue weighted by molar-refractivity contribution is 0.248. The van der Waals surface area contributed by atoms with Gasteiger partial charge in [0.1, 0.15) is 5.82 Å². The highest BCUT2D eigenvalue weighted by atomic mass is 28.4. The second-order valence-electron chi connectivity index (χ2n) is 4.96. The Balaban J connectivity index is 2.37. The molecule has 0 aliphatic heterocycles. The molecule has 0 radical (unpaired) electrons. The van der Waals surface area contributed by atoms with E-state index in [1.54, 1.807) is 14.2 Å². The number of benzene rings is 1. The van der Waals surface area contributed by atoms with Crippen LogP contribution in [0.15, 0.2) is 12.1 Å². The van der Waals surface area contributed by atoms with Crippen molar-refractivity contribution < 1.29 is 22.0 Å². The van der Waals surface area contributed by atoms with E-state index < -0.39 is 26.0 Å². The monoisotopic (exact) mass is 306 g/mol. The summed E-state index contributed by atoms with van der Waals surface area (Å²) in [4.78, 5) is 0. The average Bonchev–Trinajstić information content (AvgIpc) is 2.43. The molecule has 0 saturated carbocycles. The number of unbranched alkanes of at least 4 members (excludes halogenated alkanes) is 2. The van der Waals surface area contributed by atoms with Gasteiger partial charge in [0.25, 0.3) is 0 Å². The number of hydrogen-bond donors (Lipinski definition) is 0. The Kier molecular flexibility index (Phi) is 6.71. The van der Waals surface area contributed by atoms with Crippen molar-refractivity contribution >= 4 is 8.56 Å². The molecule has 0 aromatic heterocycles. The molecule has 0 aliphatic rings. The van der Waals surface area contributed by atoms with Crippen LogP contribution >= 0.6 is 0 Å². The van der Waals surface area contributed by atoms with E-state index in [0.717, 1.165) is 31.4 Å². The third kappa shape index (κ3) is 4.92. The fraction of sp³-hybridized carbons (Fsp3) is 0.571. The summed E-state index contributed by atoms with van der Waals surface area (Å²) in [6.07, 6.45) is 2.91. The average molecular weight is 306 g/mol. The number of rotatable bonds is 8. The zero-order chi connectivity index (χ0) is 15.2. The van der Waals surface area contributed by atoms with Gasteiger partial charge in [-0.1, -0.05) is 12.8 Å². The van der Waals surface area contributed by atoms with Gasteiger partial charge >= 0.3 is 8.56 Å². The summed E-state index contributed by atoms with van der Waals surface area (Å²) in [5.41, 5.74) is 0.224. The van der Waals surface area contributed by atoms with E-state index >= 15 is 0 Å². The van der Waals surface area contributed by atoms with Gasteiger partial charge in [0.05, 0.1) is 0 Å². The molecule has 1 aromatic rings. The predicted molar refractivity (Wildman–Crippen MR) is 74.3 cm³/mol. The highest BCUT2D eigenvalue weighted by Crippen LogP contribution is 2.19. The first kappa shape index (κ1) is 17.2. The summed E-state index contributed by atoms with van der Waals surface area (Å²) >= 11 is 0. The first-order valence-electron chi connectivity index (χ1n) is 6.65. The SMILES string of the molecule is CO[Si](C)(CCCCCc1cc(F)c(F)cc1F)OC. The molecule has 0 atom stereocenters. The van der Waals surface area contributed by atoms with Crippen LogP contribution in [-0.4, -0.2) is 22.8 Å². The van der Waals surface area contributed by atoms with Gasteiger partial charge in [0.2, 0.25) is 0 Å². The summed E-state index contributed by atoms with van der Waals surface area (Å²) in [5.74, 6) is -2.83. The minimum Gasteiger partial charge on any atom is -0.398 e. The third-order valence-electron chi connectivity index (χ3n) is 3.53. The van der Waals surface area contributed by atoms with Crippen molar-refractivity contribution in [1.29, 1.82) is 0 Å². The number of aryl methyl sites for hydroxylation is 1. The molecular weight excluding hydrogens is 285 g/mol. The van der Waals surface area contributed by atoms with Crippen LogP contribution in [0.25, 0.3) is 0 Å². The van der Waals surface area contributed by atoms with Gasteiger partial charge in [0, 0.05) is 20.3 Å². The van der Waals surface area contributed by atoms with Crippen molar-refractivity contribution in [3.8, 4) is 0 Å². The van der Waals surface area contributed by atoms with E-state index in [-0.39, 0.29) is 5.56 Å². The molecule has 0 heterocycles. The molecule has 0 fully saturated rings. The number of hydrogen-bond acceptors (Lipinski definition) is 2. The summed E-state index contributed by atoms with van der Waals surface area (Å²) < 4.78 is 49.9. The van der Waals surface area contributed by atoms with E-state index in [2.05, 4.69) is 0 Å². The molecule has 0 saturated heterocycles. The van der Waals surface area contributed by atoms with E-state index in [4.69, 9.17) is 8.85 Å². The normalized spacial score (nSPS) is 11.9. The summed E-state index contributed by atoms with van der Waals surface area (Å²) in [6.45, 7) is 1.99. The zero-order valence-electron chi connectivity index (χ0n) is 12.1. The highest BCUT2D eigenvalue weighted by Gasteiger charge is 2.27. The third-order valence-corrected chi connectivity index (χ3v) is 6.52. The van der Waals surface area contributed by atoms with Gasteiger partial charge in [-0.15, -0.1) is 0 Å². The maximum absolute atomic E-state index is 13.4. The molecule has 0 N–H and O–H groups in total. The summed E-state index contributed by atoms with van der Waals surface area (Å²) in [7, 11) is 1.25. The molecule has 1 rings (SSSR count). The van der Waals surface area contributed by atoms with Crippen LogP contribution in [0.3, 0.4) is 0 Å². The largest absolute Gasteiger partial charge is 0.398 e. The second-order valence-corrected chi connectivity index (χ2v) is 8.54. The lowest BCUT2D eigenvalue weighted by Gasteiger charge is -2.22. The fourth-order valence-corrected chi connectivity index (χ4v) is 3.45. The van der Waals surface area contributed by atoms with E-state index in [1.807, 2.05) is 6.55 Å².